The summed E-state index contributed by atoms with van der Waals surface area (Å²) in [5, 5.41) is 3.09. The summed E-state index contributed by atoms with van der Waals surface area (Å²) in [6.45, 7) is 5.91. The molecule has 1 aromatic heterocycles. The molecule has 0 saturated carbocycles. The van der Waals surface area contributed by atoms with Crippen molar-refractivity contribution in [1.82, 2.24) is 14.8 Å². The molecule has 1 aromatic rings. The molecule has 0 radical (unpaired) electrons. The maximum atomic E-state index is 11.8. The number of carbonyl (C=O) groups is 1. The van der Waals surface area contributed by atoms with Crippen molar-refractivity contribution >= 4 is 17.2 Å². The zero-order valence-electron chi connectivity index (χ0n) is 12.8. The Morgan fingerprint density at radius 1 is 1.36 bits per heavy atom. The number of carbonyl (C=O) groups excluding carboxylic acids is 1. The van der Waals surface area contributed by atoms with Gasteiger partial charge in [-0.1, -0.05) is 0 Å². The fourth-order valence-corrected chi connectivity index (χ4v) is 3.99. The van der Waals surface area contributed by atoms with Gasteiger partial charge in [0.25, 0.3) is 0 Å². The average molecular weight is 324 g/mol. The Labute approximate surface area is 135 Å². The topological polar surface area (TPSA) is 71.7 Å². The molecule has 0 aromatic carbocycles. The highest BCUT2D eigenvalue weighted by atomic mass is 32.1. The van der Waals surface area contributed by atoms with E-state index in [0.29, 0.717) is 6.04 Å². The molecule has 2 saturated heterocycles. The van der Waals surface area contributed by atoms with Crippen molar-refractivity contribution in [2.24, 2.45) is 11.7 Å². The van der Waals surface area contributed by atoms with E-state index in [1.807, 2.05) is 11.6 Å². The Kier molecular flexibility index (Phi) is 5.41. The molecular weight excluding hydrogens is 300 g/mol. The van der Waals surface area contributed by atoms with Gasteiger partial charge in [-0.2, -0.15) is 0 Å². The molecule has 22 heavy (non-hydrogen) atoms. The summed E-state index contributed by atoms with van der Waals surface area (Å²) in [6, 6.07) is 0.524. The molecule has 1 amide bonds. The van der Waals surface area contributed by atoms with Crippen LogP contribution in [0.3, 0.4) is 0 Å². The zero-order chi connectivity index (χ0) is 15.4. The van der Waals surface area contributed by atoms with Crippen LogP contribution < -0.4 is 5.73 Å². The number of ether oxygens (including phenoxy) is 1. The number of nitrogens with two attached hydrogens (primary N) is 1. The third-order valence-electron chi connectivity index (χ3n) is 4.59. The fraction of sp³-hybridized carbons (Fsp3) is 0.733. The minimum absolute atomic E-state index is 0.106. The van der Waals surface area contributed by atoms with Gasteiger partial charge in [0.05, 0.1) is 12.5 Å². The SMILES string of the molecule is NC(=O)[C@H]1CN(Cc2nccs2)CCN(C2CCOCC2)C1. The molecule has 0 aliphatic carbocycles. The summed E-state index contributed by atoms with van der Waals surface area (Å²) < 4.78 is 5.45. The molecule has 7 heteroatoms. The molecule has 0 unspecified atom stereocenters. The maximum Gasteiger partial charge on any atom is 0.223 e. The van der Waals surface area contributed by atoms with Crippen LogP contribution >= 0.6 is 11.3 Å². The van der Waals surface area contributed by atoms with Crippen molar-refractivity contribution in [2.45, 2.75) is 25.4 Å². The lowest BCUT2D eigenvalue weighted by Crippen LogP contribution is -2.44. The summed E-state index contributed by atoms with van der Waals surface area (Å²) in [5.41, 5.74) is 5.63. The number of hydrogen-bond acceptors (Lipinski definition) is 6. The molecule has 1 atom stereocenters. The van der Waals surface area contributed by atoms with Gasteiger partial charge in [-0.15, -0.1) is 11.3 Å². The summed E-state index contributed by atoms with van der Waals surface area (Å²) in [6.07, 6.45) is 3.94. The maximum absolute atomic E-state index is 11.8. The van der Waals surface area contributed by atoms with Gasteiger partial charge < -0.3 is 10.5 Å². The smallest absolute Gasteiger partial charge is 0.223 e. The third kappa shape index (κ3) is 4.04. The number of rotatable bonds is 4. The Morgan fingerprint density at radius 2 is 2.18 bits per heavy atom. The second-order valence-electron chi connectivity index (χ2n) is 6.10. The first-order chi connectivity index (χ1) is 10.7. The van der Waals surface area contributed by atoms with Gasteiger partial charge in [0.1, 0.15) is 5.01 Å². The molecule has 3 heterocycles. The summed E-state index contributed by atoms with van der Waals surface area (Å²) in [4.78, 5) is 20.9. The van der Waals surface area contributed by atoms with Gasteiger partial charge in [-0.05, 0) is 12.8 Å². The minimum Gasteiger partial charge on any atom is -0.381 e. The van der Waals surface area contributed by atoms with Gasteiger partial charge in [-0.25, -0.2) is 4.98 Å². The molecule has 2 N–H and O–H groups in total. The molecule has 2 aliphatic rings. The largest absolute Gasteiger partial charge is 0.381 e. The Hall–Kier alpha value is -1.02. The van der Waals surface area contributed by atoms with Crippen LogP contribution in [0.4, 0.5) is 0 Å². The van der Waals surface area contributed by atoms with Crippen LogP contribution in [0.2, 0.25) is 0 Å². The summed E-state index contributed by atoms with van der Waals surface area (Å²) >= 11 is 1.66. The van der Waals surface area contributed by atoms with Gasteiger partial charge in [0.2, 0.25) is 5.91 Å². The first-order valence-corrected chi connectivity index (χ1v) is 8.82. The Morgan fingerprint density at radius 3 is 2.86 bits per heavy atom. The van der Waals surface area contributed by atoms with Crippen molar-refractivity contribution < 1.29 is 9.53 Å². The highest BCUT2D eigenvalue weighted by molar-refractivity contribution is 7.09. The van der Waals surface area contributed by atoms with E-state index in [1.165, 1.54) is 0 Å². The van der Waals surface area contributed by atoms with Gasteiger partial charge in [0, 0.05) is 57.0 Å². The first-order valence-electron chi connectivity index (χ1n) is 7.94. The monoisotopic (exact) mass is 324 g/mol. The molecular formula is C15H24N4O2S. The summed E-state index contributed by atoms with van der Waals surface area (Å²) in [5.74, 6) is -0.298. The highest BCUT2D eigenvalue weighted by Gasteiger charge is 2.31. The number of amides is 1. The molecule has 2 aliphatic heterocycles. The van der Waals surface area contributed by atoms with Crippen LogP contribution in [0.1, 0.15) is 17.8 Å². The molecule has 0 bridgehead atoms. The predicted octanol–water partition coefficient (Wildman–Crippen LogP) is 0.541. The van der Waals surface area contributed by atoms with Crippen molar-refractivity contribution in [3.63, 3.8) is 0 Å². The van der Waals surface area contributed by atoms with E-state index in [2.05, 4.69) is 14.8 Å². The second-order valence-corrected chi connectivity index (χ2v) is 7.08. The standard InChI is InChI=1S/C15H24N4O2S/c16-15(20)12-9-18(11-14-17-3-8-22-14)4-5-19(10-12)13-1-6-21-7-2-13/h3,8,12-13H,1-2,4-7,9-11H2,(H2,16,20)/t12-/m0/s1. The Balaban J connectivity index is 1.65. The van der Waals surface area contributed by atoms with E-state index >= 15 is 0 Å². The van der Waals surface area contributed by atoms with Gasteiger partial charge >= 0.3 is 0 Å². The lowest BCUT2D eigenvalue weighted by Gasteiger charge is -2.34. The normalized spacial score (nSPS) is 25.9. The lowest BCUT2D eigenvalue weighted by atomic mass is 10.0. The van der Waals surface area contributed by atoms with Crippen molar-refractivity contribution in [3.05, 3.63) is 16.6 Å². The van der Waals surface area contributed by atoms with Crippen molar-refractivity contribution in [1.29, 1.82) is 0 Å². The first kappa shape index (κ1) is 15.9. The van der Waals surface area contributed by atoms with E-state index in [-0.39, 0.29) is 11.8 Å². The minimum atomic E-state index is -0.192. The van der Waals surface area contributed by atoms with Gasteiger partial charge in [0.15, 0.2) is 0 Å². The van der Waals surface area contributed by atoms with Gasteiger partial charge in [-0.3, -0.25) is 14.6 Å². The number of aromatic nitrogens is 1. The van der Waals surface area contributed by atoms with Crippen LogP contribution in [0.5, 0.6) is 0 Å². The second kappa shape index (κ2) is 7.50. The number of nitrogens with zero attached hydrogens (tertiary/aromatic N) is 3. The molecule has 122 valence electrons. The quantitative estimate of drug-likeness (QED) is 0.875. The van der Waals surface area contributed by atoms with E-state index in [9.17, 15) is 4.79 Å². The zero-order valence-corrected chi connectivity index (χ0v) is 13.6. The van der Waals surface area contributed by atoms with E-state index < -0.39 is 0 Å². The number of thiazole rings is 1. The van der Waals surface area contributed by atoms with Crippen LogP contribution in [0.15, 0.2) is 11.6 Å². The molecule has 3 rings (SSSR count). The van der Waals surface area contributed by atoms with Crippen LogP contribution in [-0.2, 0) is 16.1 Å². The fourth-order valence-electron chi connectivity index (χ4n) is 3.33. The van der Waals surface area contributed by atoms with Crippen LogP contribution in [-0.4, -0.2) is 66.1 Å². The highest BCUT2D eigenvalue weighted by Crippen LogP contribution is 2.20. The lowest BCUT2D eigenvalue weighted by molar-refractivity contribution is -0.122. The van der Waals surface area contributed by atoms with E-state index in [1.54, 1.807) is 11.3 Å². The van der Waals surface area contributed by atoms with Crippen molar-refractivity contribution in [3.8, 4) is 0 Å². The average Bonchev–Trinajstić information content (AvgIpc) is 2.93. The van der Waals surface area contributed by atoms with Crippen LogP contribution in [0, 0.1) is 5.92 Å². The van der Waals surface area contributed by atoms with Crippen LogP contribution in [0.25, 0.3) is 0 Å². The number of hydrogen-bond donors (Lipinski definition) is 1. The van der Waals surface area contributed by atoms with Crippen molar-refractivity contribution in [2.75, 3.05) is 39.4 Å². The molecule has 0 spiro atoms. The van der Waals surface area contributed by atoms with E-state index in [0.717, 1.165) is 63.8 Å². The third-order valence-corrected chi connectivity index (χ3v) is 5.35. The Bertz CT molecular complexity index is 476. The predicted molar refractivity (Wildman–Crippen MR) is 85.5 cm³/mol. The van der Waals surface area contributed by atoms with E-state index in [4.69, 9.17) is 10.5 Å². The molecule has 2 fully saturated rings. The summed E-state index contributed by atoms with van der Waals surface area (Å²) in [7, 11) is 0. The number of primary amides is 1. The molecule has 6 nitrogen and oxygen atoms in total.